The van der Waals surface area contributed by atoms with Crippen molar-refractivity contribution in [2.24, 2.45) is 17.4 Å². The average Bonchev–Trinajstić information content (AvgIpc) is 2.55. The third-order valence-electron chi connectivity index (χ3n) is 3.59. The monoisotopic (exact) mass is 403 g/mol. The molecule has 160 valence electrons. The molecule has 0 saturated carbocycles. The lowest BCUT2D eigenvalue weighted by Gasteiger charge is -2.21. The number of carboxylic acid groups (broad SMARTS) is 1. The van der Waals surface area contributed by atoms with Gasteiger partial charge in [0, 0.05) is 0 Å². The fourth-order valence-electron chi connectivity index (χ4n) is 2.21. The minimum Gasteiger partial charge on any atom is -0.480 e. The van der Waals surface area contributed by atoms with Gasteiger partial charge in [0.05, 0.1) is 25.1 Å². The minimum atomic E-state index is -1.56. The summed E-state index contributed by atoms with van der Waals surface area (Å²) in [6.07, 6.45) is -1.52. The predicted octanol–water partition coefficient (Wildman–Crippen LogP) is -3.21. The van der Waals surface area contributed by atoms with Crippen LogP contribution in [-0.2, 0) is 24.0 Å². The van der Waals surface area contributed by atoms with Crippen LogP contribution in [0.3, 0.4) is 0 Å². The highest BCUT2D eigenvalue weighted by Crippen LogP contribution is 2.03. The molecule has 0 aliphatic rings. The normalized spacial score (nSPS) is 15.1. The molecular formula is C16H29N5O7. The molecule has 0 bridgehead atoms. The van der Waals surface area contributed by atoms with E-state index in [1.807, 2.05) is 19.2 Å². The zero-order chi connectivity index (χ0) is 22.0. The summed E-state index contributed by atoms with van der Waals surface area (Å²) in [6, 6.07) is -3.79. The second kappa shape index (κ2) is 11.9. The van der Waals surface area contributed by atoms with Crippen LogP contribution in [0.4, 0.5) is 0 Å². The summed E-state index contributed by atoms with van der Waals surface area (Å²) in [5.41, 5.74) is 10.8. The lowest BCUT2D eigenvalue weighted by atomic mass is 10.0. The Morgan fingerprint density at radius 3 is 2.00 bits per heavy atom. The van der Waals surface area contributed by atoms with Crippen molar-refractivity contribution in [3.8, 4) is 0 Å². The molecule has 0 aromatic rings. The third-order valence-corrected chi connectivity index (χ3v) is 3.59. The van der Waals surface area contributed by atoms with Crippen molar-refractivity contribution in [2.45, 2.75) is 57.8 Å². The molecule has 28 heavy (non-hydrogen) atoms. The Labute approximate surface area is 162 Å². The molecule has 9 N–H and O–H groups in total. The van der Waals surface area contributed by atoms with E-state index in [4.69, 9.17) is 16.6 Å². The molecule has 0 aliphatic heterocycles. The zero-order valence-electron chi connectivity index (χ0n) is 16.1. The fourth-order valence-corrected chi connectivity index (χ4v) is 2.21. The SMILES string of the molecule is CC(C)CC(N)C(=O)NC(CC(N)=O)C(=O)NCC(=O)NC(C(=O)O)C(C)O. The number of aliphatic carboxylic acids is 1. The van der Waals surface area contributed by atoms with E-state index in [0.29, 0.717) is 6.42 Å². The number of nitrogens with one attached hydrogen (secondary N) is 3. The Hall–Kier alpha value is -2.73. The molecular weight excluding hydrogens is 374 g/mol. The second-order valence-corrected chi connectivity index (χ2v) is 6.81. The van der Waals surface area contributed by atoms with Crippen LogP contribution in [0.15, 0.2) is 0 Å². The highest BCUT2D eigenvalue weighted by molar-refractivity contribution is 5.95. The first-order chi connectivity index (χ1) is 12.8. The number of carbonyl (C=O) groups excluding carboxylic acids is 4. The third kappa shape index (κ3) is 9.83. The topological polar surface area (TPSA) is 214 Å². The fraction of sp³-hybridized carbons (Fsp3) is 0.688. The van der Waals surface area contributed by atoms with Crippen molar-refractivity contribution in [3.63, 3.8) is 0 Å². The number of rotatable bonds is 12. The lowest BCUT2D eigenvalue weighted by Crippen LogP contribution is -2.55. The van der Waals surface area contributed by atoms with Crippen LogP contribution in [0.2, 0.25) is 0 Å². The molecule has 12 nitrogen and oxygen atoms in total. The average molecular weight is 403 g/mol. The Kier molecular flexibility index (Phi) is 10.7. The Morgan fingerprint density at radius 1 is 1.00 bits per heavy atom. The van der Waals surface area contributed by atoms with Gasteiger partial charge in [-0.1, -0.05) is 13.8 Å². The van der Waals surface area contributed by atoms with Crippen molar-refractivity contribution >= 4 is 29.6 Å². The Morgan fingerprint density at radius 2 is 1.57 bits per heavy atom. The van der Waals surface area contributed by atoms with Crippen LogP contribution in [0.1, 0.15) is 33.6 Å². The number of hydrogen-bond acceptors (Lipinski definition) is 7. The van der Waals surface area contributed by atoms with Gasteiger partial charge in [0.25, 0.3) is 0 Å². The quantitative estimate of drug-likeness (QED) is 0.175. The standard InChI is InChI=1S/C16H29N5O7/c1-7(2)4-9(17)14(25)20-10(5-11(18)23)15(26)19-6-12(24)21-13(8(3)22)16(27)28/h7-10,13,22H,4-6,17H2,1-3H3,(H2,18,23)(H,19,26)(H,20,25)(H,21,24)(H,27,28). The number of primary amides is 1. The maximum atomic E-state index is 12.2. The van der Waals surface area contributed by atoms with Gasteiger partial charge in [-0.2, -0.15) is 0 Å². The summed E-state index contributed by atoms with van der Waals surface area (Å²) >= 11 is 0. The van der Waals surface area contributed by atoms with Crippen LogP contribution >= 0.6 is 0 Å². The van der Waals surface area contributed by atoms with E-state index in [0.717, 1.165) is 0 Å². The number of hydrogen-bond donors (Lipinski definition) is 7. The molecule has 0 radical (unpaired) electrons. The summed E-state index contributed by atoms with van der Waals surface area (Å²) in [4.78, 5) is 58.1. The smallest absolute Gasteiger partial charge is 0.328 e. The molecule has 0 fully saturated rings. The van der Waals surface area contributed by atoms with Gasteiger partial charge in [-0.05, 0) is 19.3 Å². The second-order valence-electron chi connectivity index (χ2n) is 6.81. The van der Waals surface area contributed by atoms with E-state index < -0.39 is 66.8 Å². The van der Waals surface area contributed by atoms with Crippen LogP contribution < -0.4 is 27.4 Å². The van der Waals surface area contributed by atoms with Gasteiger partial charge in [-0.3, -0.25) is 19.2 Å². The van der Waals surface area contributed by atoms with Crippen LogP contribution in [0, 0.1) is 5.92 Å². The first kappa shape index (κ1) is 25.3. The molecule has 4 unspecified atom stereocenters. The molecule has 0 rings (SSSR count). The Bertz CT molecular complexity index is 594. The van der Waals surface area contributed by atoms with E-state index in [1.165, 1.54) is 6.92 Å². The number of nitrogens with two attached hydrogens (primary N) is 2. The van der Waals surface area contributed by atoms with Gasteiger partial charge in [0.1, 0.15) is 6.04 Å². The highest BCUT2D eigenvalue weighted by atomic mass is 16.4. The number of amides is 4. The molecule has 0 aliphatic carbocycles. The van der Waals surface area contributed by atoms with Gasteiger partial charge in [-0.15, -0.1) is 0 Å². The summed E-state index contributed by atoms with van der Waals surface area (Å²) in [6.45, 7) is 4.25. The summed E-state index contributed by atoms with van der Waals surface area (Å²) in [7, 11) is 0. The molecule has 0 spiro atoms. The van der Waals surface area contributed by atoms with Gasteiger partial charge in [0.15, 0.2) is 6.04 Å². The molecule has 4 atom stereocenters. The van der Waals surface area contributed by atoms with E-state index in [1.54, 1.807) is 0 Å². The predicted molar refractivity (Wildman–Crippen MR) is 97.4 cm³/mol. The van der Waals surface area contributed by atoms with Gasteiger partial charge in [-0.25, -0.2) is 4.79 Å². The number of aliphatic hydroxyl groups is 1. The van der Waals surface area contributed by atoms with Gasteiger partial charge >= 0.3 is 5.97 Å². The molecule has 0 aromatic heterocycles. The lowest BCUT2D eigenvalue weighted by molar-refractivity contribution is -0.144. The van der Waals surface area contributed by atoms with Gasteiger partial charge < -0.3 is 37.6 Å². The Balaban J connectivity index is 4.85. The van der Waals surface area contributed by atoms with Crippen LogP contribution in [0.5, 0.6) is 0 Å². The molecule has 0 heterocycles. The zero-order valence-corrected chi connectivity index (χ0v) is 16.1. The number of aliphatic hydroxyl groups excluding tert-OH is 1. The van der Waals surface area contributed by atoms with Gasteiger partial charge in [0.2, 0.25) is 23.6 Å². The van der Waals surface area contributed by atoms with E-state index in [2.05, 4.69) is 10.6 Å². The van der Waals surface area contributed by atoms with Crippen molar-refractivity contribution in [2.75, 3.05) is 6.54 Å². The molecule has 4 amide bonds. The van der Waals surface area contributed by atoms with Crippen molar-refractivity contribution in [1.82, 2.24) is 16.0 Å². The number of carbonyl (C=O) groups is 5. The van der Waals surface area contributed by atoms with E-state index in [-0.39, 0.29) is 5.92 Å². The maximum absolute atomic E-state index is 12.2. The van der Waals surface area contributed by atoms with E-state index >= 15 is 0 Å². The first-order valence-electron chi connectivity index (χ1n) is 8.67. The molecule has 0 aromatic carbocycles. The first-order valence-corrected chi connectivity index (χ1v) is 8.67. The largest absolute Gasteiger partial charge is 0.480 e. The molecule has 0 saturated heterocycles. The summed E-state index contributed by atoms with van der Waals surface area (Å²) in [5.74, 6) is -4.59. The van der Waals surface area contributed by atoms with Crippen molar-refractivity contribution < 1.29 is 34.2 Å². The van der Waals surface area contributed by atoms with Crippen molar-refractivity contribution in [3.05, 3.63) is 0 Å². The van der Waals surface area contributed by atoms with E-state index in [9.17, 15) is 29.1 Å². The van der Waals surface area contributed by atoms with Crippen molar-refractivity contribution in [1.29, 1.82) is 0 Å². The minimum absolute atomic E-state index is 0.129. The molecule has 12 heteroatoms. The highest BCUT2D eigenvalue weighted by Gasteiger charge is 2.28. The number of carboxylic acids is 1. The van der Waals surface area contributed by atoms with Crippen LogP contribution in [-0.4, -0.2) is 70.6 Å². The summed E-state index contributed by atoms with van der Waals surface area (Å²) < 4.78 is 0. The maximum Gasteiger partial charge on any atom is 0.328 e. The van der Waals surface area contributed by atoms with Crippen LogP contribution in [0.25, 0.3) is 0 Å². The summed E-state index contributed by atoms with van der Waals surface area (Å²) in [5, 5.41) is 24.7.